The first-order chi connectivity index (χ1) is 14.3. The van der Waals surface area contributed by atoms with Crippen molar-refractivity contribution in [1.82, 2.24) is 10.2 Å². The average Bonchev–Trinajstić information content (AvgIpc) is 2.73. The van der Waals surface area contributed by atoms with Crippen LogP contribution in [0.15, 0.2) is 42.5 Å². The monoisotopic (exact) mass is 470 g/mol. The van der Waals surface area contributed by atoms with Crippen molar-refractivity contribution < 1.29 is 14.3 Å². The molecule has 0 unspecified atom stereocenters. The molecule has 8 heteroatoms. The summed E-state index contributed by atoms with van der Waals surface area (Å²) < 4.78 is 5.58. The SMILES string of the molecule is CCCCNC(=O)[C@H](C)N(Cc1ccc(Cl)c(Cl)c1)C(=O)COc1ccc(Cl)cc1. The van der Waals surface area contributed by atoms with Gasteiger partial charge in [0.2, 0.25) is 5.91 Å². The van der Waals surface area contributed by atoms with E-state index in [4.69, 9.17) is 39.5 Å². The molecule has 2 rings (SSSR count). The van der Waals surface area contributed by atoms with Crippen molar-refractivity contribution >= 4 is 46.6 Å². The lowest BCUT2D eigenvalue weighted by molar-refractivity contribution is -0.142. The Labute approximate surface area is 192 Å². The number of hydrogen-bond acceptors (Lipinski definition) is 3. The van der Waals surface area contributed by atoms with Gasteiger partial charge in [-0.2, -0.15) is 0 Å². The smallest absolute Gasteiger partial charge is 0.261 e. The fourth-order valence-corrected chi connectivity index (χ4v) is 3.16. The van der Waals surface area contributed by atoms with Crippen LogP contribution in [0.1, 0.15) is 32.3 Å². The molecular weight excluding hydrogens is 447 g/mol. The minimum Gasteiger partial charge on any atom is -0.484 e. The number of amides is 2. The highest BCUT2D eigenvalue weighted by molar-refractivity contribution is 6.42. The second-order valence-corrected chi connectivity index (χ2v) is 8.08. The molecular formula is C22H25Cl3N2O3. The Morgan fingerprint density at radius 2 is 1.77 bits per heavy atom. The van der Waals surface area contributed by atoms with E-state index in [0.717, 1.165) is 18.4 Å². The van der Waals surface area contributed by atoms with Gasteiger partial charge in [0.25, 0.3) is 5.91 Å². The predicted octanol–water partition coefficient (Wildman–Crippen LogP) is 5.36. The first kappa shape index (κ1) is 24.3. The molecule has 162 valence electrons. The largest absolute Gasteiger partial charge is 0.484 e. The summed E-state index contributed by atoms with van der Waals surface area (Å²) in [5, 5.41) is 4.26. The van der Waals surface area contributed by atoms with Crippen LogP contribution in [0.3, 0.4) is 0 Å². The van der Waals surface area contributed by atoms with E-state index >= 15 is 0 Å². The highest BCUT2D eigenvalue weighted by atomic mass is 35.5. The third kappa shape index (κ3) is 7.38. The summed E-state index contributed by atoms with van der Waals surface area (Å²) in [6.07, 6.45) is 1.84. The Bertz CT molecular complexity index is 859. The molecule has 0 aliphatic carbocycles. The third-order valence-corrected chi connectivity index (χ3v) is 5.50. The van der Waals surface area contributed by atoms with Crippen LogP contribution in [-0.4, -0.2) is 35.9 Å². The number of carbonyl (C=O) groups is 2. The van der Waals surface area contributed by atoms with Gasteiger partial charge in [-0.3, -0.25) is 9.59 Å². The summed E-state index contributed by atoms with van der Waals surface area (Å²) in [6.45, 7) is 4.29. The third-order valence-electron chi connectivity index (χ3n) is 4.51. The van der Waals surface area contributed by atoms with E-state index < -0.39 is 6.04 Å². The zero-order valence-corrected chi connectivity index (χ0v) is 19.2. The summed E-state index contributed by atoms with van der Waals surface area (Å²) in [5.41, 5.74) is 0.762. The Morgan fingerprint density at radius 3 is 2.40 bits per heavy atom. The molecule has 0 saturated carbocycles. The van der Waals surface area contributed by atoms with E-state index in [9.17, 15) is 9.59 Å². The maximum atomic E-state index is 13.0. The van der Waals surface area contributed by atoms with Crippen LogP contribution in [0, 0.1) is 0 Å². The average molecular weight is 472 g/mol. The van der Waals surface area contributed by atoms with Crippen LogP contribution in [0.5, 0.6) is 5.75 Å². The molecule has 0 heterocycles. The fraction of sp³-hybridized carbons (Fsp3) is 0.364. The van der Waals surface area contributed by atoms with Gasteiger partial charge in [-0.25, -0.2) is 0 Å². The molecule has 2 aromatic carbocycles. The van der Waals surface area contributed by atoms with Gasteiger partial charge in [0.1, 0.15) is 11.8 Å². The quantitative estimate of drug-likeness (QED) is 0.475. The van der Waals surface area contributed by atoms with Gasteiger partial charge in [-0.15, -0.1) is 0 Å². The van der Waals surface area contributed by atoms with E-state index in [2.05, 4.69) is 5.32 Å². The van der Waals surface area contributed by atoms with Gasteiger partial charge in [0.05, 0.1) is 10.0 Å². The minimum atomic E-state index is -0.683. The van der Waals surface area contributed by atoms with Crippen molar-refractivity contribution in [2.75, 3.05) is 13.2 Å². The molecule has 1 N–H and O–H groups in total. The Kier molecular flexibility index (Phi) is 9.76. The zero-order chi connectivity index (χ0) is 22.1. The van der Waals surface area contributed by atoms with Gasteiger partial charge >= 0.3 is 0 Å². The fourth-order valence-electron chi connectivity index (χ4n) is 2.71. The second kappa shape index (κ2) is 12.0. The lowest BCUT2D eigenvalue weighted by Gasteiger charge is -2.29. The molecule has 0 aromatic heterocycles. The number of nitrogens with one attached hydrogen (secondary N) is 1. The van der Waals surface area contributed by atoms with E-state index in [1.807, 2.05) is 6.92 Å². The van der Waals surface area contributed by atoms with Crippen molar-refractivity contribution in [3.63, 3.8) is 0 Å². The molecule has 0 saturated heterocycles. The lowest BCUT2D eigenvalue weighted by atomic mass is 10.1. The number of benzene rings is 2. The van der Waals surface area contributed by atoms with Gasteiger partial charge < -0.3 is 15.0 Å². The summed E-state index contributed by atoms with van der Waals surface area (Å²) in [4.78, 5) is 27.0. The van der Waals surface area contributed by atoms with Crippen LogP contribution >= 0.6 is 34.8 Å². The van der Waals surface area contributed by atoms with Crippen LogP contribution in [0.4, 0.5) is 0 Å². The standard InChI is InChI=1S/C22H25Cl3N2O3/c1-3-4-11-26-22(29)15(2)27(13-16-5-10-19(24)20(25)12-16)21(28)14-30-18-8-6-17(23)7-9-18/h5-10,12,15H,3-4,11,13-14H2,1-2H3,(H,26,29)/t15-/m0/s1. The number of nitrogens with zero attached hydrogens (tertiary/aromatic N) is 1. The van der Waals surface area contributed by atoms with Crippen molar-refractivity contribution in [3.05, 3.63) is 63.1 Å². The van der Waals surface area contributed by atoms with Gasteiger partial charge in [-0.05, 0) is 55.3 Å². The number of halogens is 3. The highest BCUT2D eigenvalue weighted by Gasteiger charge is 2.26. The van der Waals surface area contributed by atoms with Crippen LogP contribution in [0.25, 0.3) is 0 Å². The van der Waals surface area contributed by atoms with Crippen molar-refractivity contribution in [2.24, 2.45) is 0 Å². The molecule has 0 aliphatic heterocycles. The minimum absolute atomic E-state index is 0.196. The number of carbonyl (C=O) groups excluding carboxylic acids is 2. The van der Waals surface area contributed by atoms with Gasteiger partial charge in [0, 0.05) is 18.1 Å². The number of hydrogen-bond donors (Lipinski definition) is 1. The maximum absolute atomic E-state index is 13.0. The molecule has 0 bridgehead atoms. The molecule has 0 spiro atoms. The molecule has 0 fully saturated rings. The molecule has 30 heavy (non-hydrogen) atoms. The van der Waals surface area contributed by atoms with Crippen LogP contribution in [0.2, 0.25) is 15.1 Å². The van der Waals surface area contributed by atoms with Crippen molar-refractivity contribution in [1.29, 1.82) is 0 Å². The second-order valence-electron chi connectivity index (χ2n) is 6.83. The molecule has 5 nitrogen and oxygen atoms in total. The van der Waals surface area contributed by atoms with Crippen LogP contribution in [-0.2, 0) is 16.1 Å². The first-order valence-corrected chi connectivity index (χ1v) is 10.8. The zero-order valence-electron chi connectivity index (χ0n) is 17.0. The highest BCUT2D eigenvalue weighted by Crippen LogP contribution is 2.24. The summed E-state index contributed by atoms with van der Waals surface area (Å²) in [5.74, 6) is -0.0280. The first-order valence-electron chi connectivity index (χ1n) is 9.71. The predicted molar refractivity (Wildman–Crippen MR) is 121 cm³/mol. The number of ether oxygens (including phenoxy) is 1. The summed E-state index contributed by atoms with van der Waals surface area (Å²) in [7, 11) is 0. The van der Waals surface area contributed by atoms with E-state index in [-0.39, 0.29) is 25.0 Å². The Morgan fingerprint density at radius 1 is 1.07 bits per heavy atom. The van der Waals surface area contributed by atoms with Crippen molar-refractivity contribution in [2.45, 2.75) is 39.3 Å². The number of unbranched alkanes of at least 4 members (excludes halogenated alkanes) is 1. The normalized spacial score (nSPS) is 11.6. The van der Waals surface area contributed by atoms with E-state index in [1.165, 1.54) is 4.90 Å². The Balaban J connectivity index is 2.13. The van der Waals surface area contributed by atoms with Crippen molar-refractivity contribution in [3.8, 4) is 5.75 Å². The molecule has 1 atom stereocenters. The Hall–Kier alpha value is -1.95. The maximum Gasteiger partial charge on any atom is 0.261 e. The molecule has 2 amide bonds. The van der Waals surface area contributed by atoms with Gasteiger partial charge in [0.15, 0.2) is 6.61 Å². The molecule has 0 radical (unpaired) electrons. The summed E-state index contributed by atoms with van der Waals surface area (Å²) in [6, 6.07) is 11.2. The van der Waals surface area contributed by atoms with E-state index in [1.54, 1.807) is 49.4 Å². The molecule has 2 aromatic rings. The van der Waals surface area contributed by atoms with Gasteiger partial charge in [-0.1, -0.05) is 54.2 Å². The lowest BCUT2D eigenvalue weighted by Crippen LogP contribution is -2.49. The van der Waals surface area contributed by atoms with E-state index in [0.29, 0.717) is 27.4 Å². The van der Waals surface area contributed by atoms with Crippen LogP contribution < -0.4 is 10.1 Å². The number of rotatable bonds is 10. The molecule has 0 aliphatic rings. The summed E-state index contributed by atoms with van der Waals surface area (Å²) >= 11 is 18.0. The topological polar surface area (TPSA) is 58.6 Å².